The molecule has 2 amide bonds. The van der Waals surface area contributed by atoms with E-state index < -0.39 is 0 Å². The molecule has 2 heterocycles. The minimum Gasteiger partial charge on any atom is -0.495 e. The van der Waals surface area contributed by atoms with Crippen molar-refractivity contribution in [2.24, 2.45) is 0 Å². The van der Waals surface area contributed by atoms with Crippen LogP contribution in [-0.2, 0) is 11.3 Å². The second kappa shape index (κ2) is 8.45. The normalized spacial score (nSPS) is 16.1. The van der Waals surface area contributed by atoms with Gasteiger partial charge in [-0.1, -0.05) is 24.3 Å². The Balaban J connectivity index is 1.48. The molecule has 1 unspecified atom stereocenters. The van der Waals surface area contributed by atoms with Gasteiger partial charge < -0.3 is 19.4 Å². The van der Waals surface area contributed by atoms with E-state index >= 15 is 0 Å². The van der Waals surface area contributed by atoms with E-state index in [9.17, 15) is 9.59 Å². The number of hydrogen-bond acceptors (Lipinski definition) is 5. The van der Waals surface area contributed by atoms with Gasteiger partial charge in [0, 0.05) is 5.56 Å². The van der Waals surface area contributed by atoms with Crippen LogP contribution in [0, 0.1) is 0 Å². The van der Waals surface area contributed by atoms with E-state index in [2.05, 4.69) is 5.32 Å². The van der Waals surface area contributed by atoms with Gasteiger partial charge in [0.2, 0.25) is 5.91 Å². The predicted octanol–water partition coefficient (Wildman–Crippen LogP) is 4.31. The first kappa shape index (κ1) is 19.1. The van der Waals surface area contributed by atoms with Gasteiger partial charge in [-0.25, -0.2) is 0 Å². The lowest BCUT2D eigenvalue weighted by Crippen LogP contribution is -2.27. The van der Waals surface area contributed by atoms with Crippen molar-refractivity contribution >= 4 is 29.3 Å². The maximum absolute atomic E-state index is 12.6. The number of methoxy groups -OCH3 is 1. The van der Waals surface area contributed by atoms with Crippen LogP contribution in [0.3, 0.4) is 0 Å². The number of thioether (sulfide) groups is 1. The van der Waals surface area contributed by atoms with Crippen LogP contribution < -0.4 is 10.1 Å². The average Bonchev–Trinajstić information content (AvgIpc) is 3.39. The van der Waals surface area contributed by atoms with E-state index in [4.69, 9.17) is 9.15 Å². The highest BCUT2D eigenvalue weighted by molar-refractivity contribution is 8.00. The van der Waals surface area contributed by atoms with Crippen molar-refractivity contribution in [3.05, 3.63) is 83.8 Å². The Hall–Kier alpha value is -3.19. The first-order valence-electron chi connectivity index (χ1n) is 9.13. The topological polar surface area (TPSA) is 71.8 Å². The molecule has 6 nitrogen and oxygen atoms in total. The molecule has 0 bridgehead atoms. The van der Waals surface area contributed by atoms with Gasteiger partial charge in [-0.3, -0.25) is 9.59 Å². The molecule has 3 aromatic rings. The van der Waals surface area contributed by atoms with Gasteiger partial charge in [0.05, 0.1) is 31.4 Å². The second-order valence-electron chi connectivity index (χ2n) is 6.54. The summed E-state index contributed by atoms with van der Waals surface area (Å²) in [5, 5.41) is 2.77. The third kappa shape index (κ3) is 4.14. The van der Waals surface area contributed by atoms with Gasteiger partial charge in [-0.05, 0) is 42.0 Å². The first-order valence-corrected chi connectivity index (χ1v) is 10.2. The molecule has 0 radical (unpaired) electrons. The number of anilines is 1. The number of benzene rings is 2. The standard InChI is InChI=1S/C22H20N2O4S/c1-27-19-7-3-2-6-18(19)23-21(26)15-8-10-16(11-9-15)22-24(20(25)14-29-22)13-17-5-4-12-28-17/h2-12,22H,13-14H2,1H3,(H,23,26). The Morgan fingerprint density at radius 1 is 1.17 bits per heavy atom. The van der Waals surface area contributed by atoms with Crippen LogP contribution >= 0.6 is 11.8 Å². The van der Waals surface area contributed by atoms with E-state index in [1.807, 2.05) is 36.4 Å². The molecule has 7 heteroatoms. The monoisotopic (exact) mass is 408 g/mol. The summed E-state index contributed by atoms with van der Waals surface area (Å²) in [5.74, 6) is 1.64. The summed E-state index contributed by atoms with van der Waals surface area (Å²) in [5.41, 5.74) is 2.12. The van der Waals surface area contributed by atoms with Crippen LogP contribution in [0.4, 0.5) is 5.69 Å². The number of carbonyl (C=O) groups is 2. The number of nitrogens with zero attached hydrogens (tertiary/aromatic N) is 1. The fourth-order valence-corrected chi connectivity index (χ4v) is 4.40. The van der Waals surface area contributed by atoms with Crippen molar-refractivity contribution in [2.75, 3.05) is 18.2 Å². The Kier molecular flexibility index (Phi) is 5.57. The Labute approximate surface area is 172 Å². The van der Waals surface area contributed by atoms with E-state index in [1.165, 1.54) is 0 Å². The van der Waals surface area contributed by atoms with Crippen LogP contribution in [0.15, 0.2) is 71.3 Å². The minimum atomic E-state index is -0.219. The molecular formula is C22H20N2O4S. The zero-order valence-corrected chi connectivity index (χ0v) is 16.6. The fourth-order valence-electron chi connectivity index (χ4n) is 3.21. The molecule has 0 aliphatic carbocycles. The molecule has 148 valence electrons. The van der Waals surface area contributed by atoms with Gasteiger partial charge in [0.15, 0.2) is 0 Å². The lowest BCUT2D eigenvalue weighted by molar-refractivity contribution is -0.128. The van der Waals surface area contributed by atoms with Gasteiger partial charge in [0.1, 0.15) is 16.9 Å². The van der Waals surface area contributed by atoms with Crippen molar-refractivity contribution in [3.8, 4) is 5.75 Å². The van der Waals surface area contributed by atoms with Crippen LogP contribution in [0.2, 0.25) is 0 Å². The highest BCUT2D eigenvalue weighted by Gasteiger charge is 2.33. The predicted molar refractivity (Wildman–Crippen MR) is 112 cm³/mol. The lowest BCUT2D eigenvalue weighted by Gasteiger charge is -2.23. The van der Waals surface area contributed by atoms with Crippen LogP contribution in [0.25, 0.3) is 0 Å². The number of ether oxygens (including phenoxy) is 1. The number of carbonyl (C=O) groups excluding carboxylic acids is 2. The molecule has 1 N–H and O–H groups in total. The molecule has 29 heavy (non-hydrogen) atoms. The number of nitrogens with one attached hydrogen (secondary N) is 1. The summed E-state index contributed by atoms with van der Waals surface area (Å²) < 4.78 is 10.7. The molecule has 1 atom stereocenters. The molecule has 0 saturated carbocycles. The number of rotatable bonds is 6. The highest BCUT2D eigenvalue weighted by atomic mass is 32.2. The molecule has 1 aliphatic rings. The first-order chi connectivity index (χ1) is 14.2. The van der Waals surface area contributed by atoms with E-state index in [-0.39, 0.29) is 17.2 Å². The molecular weight excluding hydrogens is 388 g/mol. The van der Waals surface area contributed by atoms with Gasteiger partial charge in [0.25, 0.3) is 5.91 Å². The summed E-state index contributed by atoms with van der Waals surface area (Å²) in [4.78, 5) is 26.7. The van der Waals surface area contributed by atoms with Crippen molar-refractivity contribution in [1.82, 2.24) is 4.90 Å². The SMILES string of the molecule is COc1ccccc1NC(=O)c1ccc(C2SCC(=O)N2Cc2ccco2)cc1. The van der Waals surface area contributed by atoms with Crippen molar-refractivity contribution in [3.63, 3.8) is 0 Å². The zero-order chi connectivity index (χ0) is 20.2. The molecule has 0 spiro atoms. The summed E-state index contributed by atoms with van der Waals surface area (Å²) in [6, 6.07) is 18.3. The summed E-state index contributed by atoms with van der Waals surface area (Å²) in [6.07, 6.45) is 1.60. The van der Waals surface area contributed by atoms with Crippen LogP contribution in [0.1, 0.15) is 27.1 Å². The summed E-state index contributed by atoms with van der Waals surface area (Å²) in [7, 11) is 1.56. The van der Waals surface area contributed by atoms with Gasteiger partial charge >= 0.3 is 0 Å². The third-order valence-electron chi connectivity index (χ3n) is 4.69. The van der Waals surface area contributed by atoms with E-state index in [1.54, 1.807) is 54.3 Å². The quantitative estimate of drug-likeness (QED) is 0.658. The lowest BCUT2D eigenvalue weighted by atomic mass is 10.1. The van der Waals surface area contributed by atoms with Crippen LogP contribution in [-0.4, -0.2) is 29.6 Å². The van der Waals surface area contributed by atoms with E-state index in [0.29, 0.717) is 29.3 Å². The molecule has 1 saturated heterocycles. The largest absolute Gasteiger partial charge is 0.495 e. The Morgan fingerprint density at radius 3 is 2.69 bits per heavy atom. The number of hydrogen-bond donors (Lipinski definition) is 1. The second-order valence-corrected chi connectivity index (χ2v) is 7.61. The summed E-state index contributed by atoms with van der Waals surface area (Å²) in [6.45, 7) is 0.430. The van der Waals surface area contributed by atoms with Crippen molar-refractivity contribution in [1.29, 1.82) is 0 Å². The number of amides is 2. The Bertz CT molecular complexity index is 1000. The number of para-hydroxylation sites is 2. The average molecular weight is 408 g/mol. The molecule has 4 rings (SSSR count). The van der Waals surface area contributed by atoms with E-state index in [0.717, 1.165) is 11.3 Å². The number of furan rings is 1. The smallest absolute Gasteiger partial charge is 0.255 e. The zero-order valence-electron chi connectivity index (χ0n) is 15.8. The van der Waals surface area contributed by atoms with Gasteiger partial charge in [-0.2, -0.15) is 0 Å². The highest BCUT2D eigenvalue weighted by Crippen LogP contribution is 2.39. The molecule has 1 fully saturated rings. The van der Waals surface area contributed by atoms with Crippen molar-refractivity contribution < 1.29 is 18.7 Å². The fraction of sp³-hybridized carbons (Fsp3) is 0.182. The van der Waals surface area contributed by atoms with Crippen LogP contribution in [0.5, 0.6) is 5.75 Å². The third-order valence-corrected chi connectivity index (χ3v) is 5.94. The van der Waals surface area contributed by atoms with Crippen molar-refractivity contribution in [2.45, 2.75) is 11.9 Å². The molecule has 1 aliphatic heterocycles. The maximum atomic E-state index is 12.6. The maximum Gasteiger partial charge on any atom is 0.255 e. The minimum absolute atomic E-state index is 0.0781. The summed E-state index contributed by atoms with van der Waals surface area (Å²) >= 11 is 1.57. The molecule has 1 aromatic heterocycles. The van der Waals surface area contributed by atoms with Gasteiger partial charge in [-0.15, -0.1) is 11.8 Å². The molecule has 2 aromatic carbocycles. The Morgan fingerprint density at radius 2 is 1.97 bits per heavy atom.